The third-order valence-corrected chi connectivity index (χ3v) is 3.90. The molecule has 2 rings (SSSR count). The van der Waals surface area contributed by atoms with Crippen molar-refractivity contribution < 1.29 is 0 Å². The molecule has 0 aliphatic heterocycles. The topological polar surface area (TPSA) is 62.8 Å². The SMILES string of the molecule is Cc1cnc(-c2ccc(C(=N)N)s2)s1. The van der Waals surface area contributed by atoms with E-state index in [1.807, 2.05) is 25.3 Å². The molecule has 0 amide bonds. The molecule has 2 aromatic rings. The van der Waals surface area contributed by atoms with E-state index in [1.165, 1.54) is 16.2 Å². The van der Waals surface area contributed by atoms with Gasteiger partial charge in [0.05, 0.1) is 9.75 Å². The first kappa shape index (κ1) is 9.36. The van der Waals surface area contributed by atoms with Crippen LogP contribution in [0.4, 0.5) is 0 Å². The Labute approximate surface area is 89.7 Å². The normalized spacial score (nSPS) is 10.4. The number of amidine groups is 1. The molecule has 2 aromatic heterocycles. The number of nitrogens with zero attached hydrogens (tertiary/aromatic N) is 1. The first-order valence-corrected chi connectivity index (χ1v) is 5.67. The van der Waals surface area contributed by atoms with Gasteiger partial charge in [-0.2, -0.15) is 0 Å². The van der Waals surface area contributed by atoms with Gasteiger partial charge in [0.1, 0.15) is 10.8 Å². The molecule has 5 heteroatoms. The van der Waals surface area contributed by atoms with Crippen LogP contribution in [0.5, 0.6) is 0 Å². The minimum atomic E-state index is 0.120. The van der Waals surface area contributed by atoms with Crippen LogP contribution in [0.1, 0.15) is 9.75 Å². The Morgan fingerprint density at radius 3 is 2.71 bits per heavy atom. The molecule has 0 saturated heterocycles. The van der Waals surface area contributed by atoms with Gasteiger partial charge in [-0.1, -0.05) is 0 Å². The second-order valence-corrected chi connectivity index (χ2v) is 5.17. The van der Waals surface area contributed by atoms with Crippen molar-refractivity contribution in [1.82, 2.24) is 4.98 Å². The molecule has 14 heavy (non-hydrogen) atoms. The highest BCUT2D eigenvalue weighted by Crippen LogP contribution is 2.30. The summed E-state index contributed by atoms with van der Waals surface area (Å²) in [5.74, 6) is 0.120. The maximum absolute atomic E-state index is 7.29. The maximum atomic E-state index is 7.29. The fourth-order valence-electron chi connectivity index (χ4n) is 1.07. The number of aryl methyl sites for hydroxylation is 1. The zero-order valence-corrected chi connectivity index (χ0v) is 9.21. The number of thiazole rings is 1. The number of nitrogen functional groups attached to an aromatic ring is 1. The Kier molecular flexibility index (Phi) is 2.35. The lowest BCUT2D eigenvalue weighted by molar-refractivity contribution is 1.39. The Balaban J connectivity index is 2.38. The van der Waals surface area contributed by atoms with Crippen molar-refractivity contribution >= 4 is 28.5 Å². The summed E-state index contributed by atoms with van der Waals surface area (Å²) in [7, 11) is 0. The predicted molar refractivity (Wildman–Crippen MR) is 61.2 cm³/mol. The summed E-state index contributed by atoms with van der Waals surface area (Å²) in [6.07, 6.45) is 1.85. The van der Waals surface area contributed by atoms with E-state index >= 15 is 0 Å². The Hall–Kier alpha value is -1.20. The van der Waals surface area contributed by atoms with Gasteiger partial charge in [0.15, 0.2) is 0 Å². The van der Waals surface area contributed by atoms with Crippen molar-refractivity contribution in [3.8, 4) is 9.88 Å². The molecule has 0 atom stereocenters. The molecule has 0 bridgehead atoms. The summed E-state index contributed by atoms with van der Waals surface area (Å²) in [6, 6.07) is 3.82. The van der Waals surface area contributed by atoms with Crippen molar-refractivity contribution in [2.24, 2.45) is 5.73 Å². The number of nitrogens with one attached hydrogen (secondary N) is 1. The van der Waals surface area contributed by atoms with Gasteiger partial charge in [0.25, 0.3) is 0 Å². The number of hydrogen-bond acceptors (Lipinski definition) is 4. The van der Waals surface area contributed by atoms with Gasteiger partial charge in [-0.05, 0) is 19.1 Å². The summed E-state index contributed by atoms with van der Waals surface area (Å²) in [4.78, 5) is 7.34. The number of hydrogen-bond donors (Lipinski definition) is 2. The molecule has 72 valence electrons. The van der Waals surface area contributed by atoms with Crippen LogP contribution in [0.15, 0.2) is 18.3 Å². The minimum Gasteiger partial charge on any atom is -0.383 e. The van der Waals surface area contributed by atoms with E-state index in [9.17, 15) is 0 Å². The van der Waals surface area contributed by atoms with Crippen molar-refractivity contribution in [1.29, 1.82) is 5.41 Å². The molecule has 3 N–H and O–H groups in total. The van der Waals surface area contributed by atoms with E-state index in [0.29, 0.717) is 0 Å². The highest BCUT2D eigenvalue weighted by atomic mass is 32.1. The molecule has 0 saturated carbocycles. The van der Waals surface area contributed by atoms with E-state index in [2.05, 4.69) is 4.98 Å². The van der Waals surface area contributed by atoms with Gasteiger partial charge in [-0.25, -0.2) is 4.98 Å². The van der Waals surface area contributed by atoms with Crippen LogP contribution in [0, 0.1) is 12.3 Å². The predicted octanol–water partition coefficient (Wildman–Crippen LogP) is 2.46. The average Bonchev–Trinajstić information content (AvgIpc) is 2.70. The van der Waals surface area contributed by atoms with Crippen molar-refractivity contribution in [2.75, 3.05) is 0 Å². The third kappa shape index (κ3) is 1.69. The number of aromatic nitrogens is 1. The quantitative estimate of drug-likeness (QED) is 0.607. The van der Waals surface area contributed by atoms with E-state index in [-0.39, 0.29) is 5.84 Å². The molecule has 0 spiro atoms. The zero-order valence-electron chi connectivity index (χ0n) is 7.57. The van der Waals surface area contributed by atoms with Gasteiger partial charge < -0.3 is 5.73 Å². The summed E-state index contributed by atoms with van der Waals surface area (Å²) in [5, 5.41) is 8.29. The lowest BCUT2D eigenvalue weighted by Crippen LogP contribution is -2.08. The molecule has 0 aliphatic carbocycles. The molecule has 0 fully saturated rings. The molecule has 3 nitrogen and oxygen atoms in total. The second-order valence-electron chi connectivity index (χ2n) is 2.85. The largest absolute Gasteiger partial charge is 0.383 e. The number of thiophene rings is 1. The van der Waals surface area contributed by atoms with Gasteiger partial charge >= 0.3 is 0 Å². The smallest absolute Gasteiger partial charge is 0.133 e. The maximum Gasteiger partial charge on any atom is 0.133 e. The fraction of sp³-hybridized carbons (Fsp3) is 0.111. The second kappa shape index (κ2) is 3.51. The Bertz CT molecular complexity index is 470. The van der Waals surface area contributed by atoms with Crippen LogP contribution in [-0.2, 0) is 0 Å². The molecular formula is C9H9N3S2. The first-order chi connectivity index (χ1) is 6.66. The number of nitrogens with two attached hydrogens (primary N) is 1. The van der Waals surface area contributed by atoms with Crippen molar-refractivity contribution in [2.45, 2.75) is 6.92 Å². The minimum absolute atomic E-state index is 0.120. The summed E-state index contributed by atoms with van der Waals surface area (Å²) >= 11 is 3.16. The summed E-state index contributed by atoms with van der Waals surface area (Å²) in [5.41, 5.74) is 5.39. The highest BCUT2D eigenvalue weighted by Gasteiger charge is 2.07. The average molecular weight is 223 g/mol. The van der Waals surface area contributed by atoms with E-state index < -0.39 is 0 Å². The van der Waals surface area contributed by atoms with Crippen LogP contribution in [-0.4, -0.2) is 10.8 Å². The molecular weight excluding hydrogens is 214 g/mol. The molecule has 0 aromatic carbocycles. The van der Waals surface area contributed by atoms with E-state index in [4.69, 9.17) is 11.1 Å². The van der Waals surface area contributed by atoms with Crippen LogP contribution < -0.4 is 5.73 Å². The third-order valence-electron chi connectivity index (χ3n) is 1.70. The Morgan fingerprint density at radius 1 is 1.43 bits per heavy atom. The summed E-state index contributed by atoms with van der Waals surface area (Å²) < 4.78 is 0. The van der Waals surface area contributed by atoms with Gasteiger partial charge in [-0.15, -0.1) is 22.7 Å². The van der Waals surface area contributed by atoms with Crippen LogP contribution in [0.2, 0.25) is 0 Å². The fourth-order valence-corrected chi connectivity index (χ4v) is 2.76. The van der Waals surface area contributed by atoms with Crippen LogP contribution in [0.25, 0.3) is 9.88 Å². The lowest BCUT2D eigenvalue weighted by atomic mass is 10.4. The van der Waals surface area contributed by atoms with Gasteiger partial charge in [0, 0.05) is 11.1 Å². The van der Waals surface area contributed by atoms with E-state index in [1.54, 1.807) is 11.3 Å². The summed E-state index contributed by atoms with van der Waals surface area (Å²) in [6.45, 7) is 2.03. The van der Waals surface area contributed by atoms with E-state index in [0.717, 1.165) is 14.8 Å². The number of rotatable bonds is 2. The van der Waals surface area contributed by atoms with Crippen LogP contribution in [0.3, 0.4) is 0 Å². The highest BCUT2D eigenvalue weighted by molar-refractivity contribution is 7.22. The van der Waals surface area contributed by atoms with Crippen molar-refractivity contribution in [3.05, 3.63) is 28.1 Å². The Morgan fingerprint density at radius 2 is 2.21 bits per heavy atom. The standard InChI is InChI=1S/C9H9N3S2/c1-5-4-12-9(13-5)7-3-2-6(14-7)8(10)11/h2-4H,1H3,(H3,10,11). The molecule has 2 heterocycles. The van der Waals surface area contributed by atoms with Crippen molar-refractivity contribution in [3.63, 3.8) is 0 Å². The van der Waals surface area contributed by atoms with Crippen LogP contribution >= 0.6 is 22.7 Å². The van der Waals surface area contributed by atoms with Gasteiger partial charge in [-0.3, -0.25) is 5.41 Å². The van der Waals surface area contributed by atoms with Gasteiger partial charge in [0.2, 0.25) is 0 Å². The monoisotopic (exact) mass is 223 g/mol. The first-order valence-electron chi connectivity index (χ1n) is 4.04. The lowest BCUT2D eigenvalue weighted by Gasteiger charge is -1.88. The molecule has 0 aliphatic rings. The zero-order chi connectivity index (χ0) is 10.1. The molecule has 0 radical (unpaired) electrons. The molecule has 0 unspecified atom stereocenters.